The Morgan fingerprint density at radius 3 is 2.58 bits per heavy atom. The van der Waals surface area contributed by atoms with Crippen molar-refractivity contribution in [3.8, 4) is 11.5 Å². The summed E-state index contributed by atoms with van der Waals surface area (Å²) in [7, 11) is 3.22. The highest BCUT2D eigenvalue weighted by molar-refractivity contribution is 8.00. The SMILES string of the molecule is COc1ccc(SC(C)C(=O)NCCCc2cccc(C)c2)cc1OC. The van der Waals surface area contributed by atoms with Crippen LogP contribution in [0.15, 0.2) is 47.4 Å². The summed E-state index contributed by atoms with van der Waals surface area (Å²) in [5.74, 6) is 1.40. The van der Waals surface area contributed by atoms with Gasteiger partial charge in [0.2, 0.25) is 5.91 Å². The second-order valence-corrected chi connectivity index (χ2v) is 7.57. The fourth-order valence-electron chi connectivity index (χ4n) is 2.66. The van der Waals surface area contributed by atoms with Gasteiger partial charge in [0, 0.05) is 11.4 Å². The van der Waals surface area contributed by atoms with Crippen molar-refractivity contribution in [3.63, 3.8) is 0 Å². The number of rotatable bonds is 9. The van der Waals surface area contributed by atoms with Crippen molar-refractivity contribution in [2.75, 3.05) is 20.8 Å². The summed E-state index contributed by atoms with van der Waals surface area (Å²) in [6.45, 7) is 4.69. The van der Waals surface area contributed by atoms with Crippen LogP contribution in [-0.4, -0.2) is 31.9 Å². The first-order chi connectivity index (χ1) is 12.5. The maximum atomic E-state index is 12.3. The Morgan fingerprint density at radius 2 is 1.88 bits per heavy atom. The second-order valence-electron chi connectivity index (χ2n) is 6.16. The molecule has 4 nitrogen and oxygen atoms in total. The molecule has 0 radical (unpaired) electrons. The average Bonchev–Trinajstić information content (AvgIpc) is 2.64. The summed E-state index contributed by atoms with van der Waals surface area (Å²) >= 11 is 1.51. The molecular weight excluding hydrogens is 346 g/mol. The Balaban J connectivity index is 1.78. The van der Waals surface area contributed by atoms with Gasteiger partial charge in [0.1, 0.15) is 0 Å². The molecule has 0 saturated carbocycles. The molecule has 1 N–H and O–H groups in total. The third kappa shape index (κ3) is 5.99. The average molecular weight is 374 g/mol. The Morgan fingerprint density at radius 1 is 1.12 bits per heavy atom. The maximum absolute atomic E-state index is 12.3. The van der Waals surface area contributed by atoms with Crippen molar-refractivity contribution in [3.05, 3.63) is 53.6 Å². The molecule has 0 aliphatic heterocycles. The Kier molecular flexibility index (Phi) is 7.85. The van der Waals surface area contributed by atoms with Gasteiger partial charge in [0.25, 0.3) is 0 Å². The topological polar surface area (TPSA) is 47.6 Å². The number of carbonyl (C=O) groups is 1. The van der Waals surface area contributed by atoms with Gasteiger partial charge >= 0.3 is 0 Å². The molecule has 5 heteroatoms. The predicted octanol–water partition coefficient (Wildman–Crippen LogP) is 4.24. The zero-order chi connectivity index (χ0) is 18.9. The van der Waals surface area contributed by atoms with Crippen LogP contribution in [-0.2, 0) is 11.2 Å². The van der Waals surface area contributed by atoms with Gasteiger partial charge in [-0.25, -0.2) is 0 Å². The standard InChI is InChI=1S/C21H27NO3S/c1-15-7-5-8-17(13-15)9-6-12-22-21(23)16(2)26-18-10-11-19(24-3)20(14-18)25-4/h5,7-8,10-11,13-14,16H,6,9,12H2,1-4H3,(H,22,23). The first-order valence-corrected chi connectivity index (χ1v) is 9.63. The number of nitrogens with one attached hydrogen (secondary N) is 1. The number of amides is 1. The highest BCUT2D eigenvalue weighted by Crippen LogP contribution is 2.33. The van der Waals surface area contributed by atoms with E-state index in [-0.39, 0.29) is 11.2 Å². The van der Waals surface area contributed by atoms with Gasteiger partial charge in [0.15, 0.2) is 11.5 Å². The Hall–Kier alpha value is -2.14. The number of benzene rings is 2. The van der Waals surface area contributed by atoms with Crippen LogP contribution in [0.3, 0.4) is 0 Å². The van der Waals surface area contributed by atoms with E-state index in [1.807, 2.05) is 25.1 Å². The number of thioether (sulfide) groups is 1. The van der Waals surface area contributed by atoms with Crippen molar-refractivity contribution in [1.82, 2.24) is 5.32 Å². The lowest BCUT2D eigenvalue weighted by molar-refractivity contribution is -0.120. The van der Waals surface area contributed by atoms with Crippen LogP contribution >= 0.6 is 11.8 Å². The third-order valence-electron chi connectivity index (χ3n) is 4.06. The lowest BCUT2D eigenvalue weighted by Crippen LogP contribution is -2.31. The van der Waals surface area contributed by atoms with Crippen molar-refractivity contribution < 1.29 is 14.3 Å². The molecule has 2 aromatic rings. The molecule has 26 heavy (non-hydrogen) atoms. The quantitative estimate of drug-likeness (QED) is 0.527. The Labute approximate surface area is 160 Å². The van der Waals surface area contributed by atoms with Gasteiger partial charge in [-0.3, -0.25) is 4.79 Å². The van der Waals surface area contributed by atoms with Crippen molar-refractivity contribution >= 4 is 17.7 Å². The summed E-state index contributed by atoms with van der Waals surface area (Å²) in [6, 6.07) is 14.2. The van der Waals surface area contributed by atoms with E-state index in [1.165, 1.54) is 22.9 Å². The minimum absolute atomic E-state index is 0.0500. The largest absolute Gasteiger partial charge is 0.493 e. The van der Waals surface area contributed by atoms with E-state index in [9.17, 15) is 4.79 Å². The summed E-state index contributed by atoms with van der Waals surface area (Å²) in [5, 5.41) is 2.85. The number of ether oxygens (including phenoxy) is 2. The van der Waals surface area contributed by atoms with Crippen LogP contribution in [0.1, 0.15) is 24.5 Å². The maximum Gasteiger partial charge on any atom is 0.233 e. The summed E-state index contributed by atoms with van der Waals surface area (Å²) in [4.78, 5) is 13.3. The first kappa shape index (κ1) is 20.2. The van der Waals surface area contributed by atoms with Crippen molar-refractivity contribution in [2.24, 2.45) is 0 Å². The summed E-state index contributed by atoms with van der Waals surface area (Å²) in [5.41, 5.74) is 2.58. The van der Waals surface area contributed by atoms with E-state index < -0.39 is 0 Å². The number of hydrogen-bond donors (Lipinski definition) is 1. The molecule has 0 heterocycles. The molecule has 0 aliphatic rings. The second kappa shape index (κ2) is 10.1. The lowest BCUT2D eigenvalue weighted by atomic mass is 10.1. The molecule has 2 aromatic carbocycles. The fourth-order valence-corrected chi connectivity index (χ4v) is 3.58. The number of methoxy groups -OCH3 is 2. The van der Waals surface area contributed by atoms with Gasteiger partial charge in [0.05, 0.1) is 19.5 Å². The van der Waals surface area contributed by atoms with Gasteiger partial charge in [-0.05, 0) is 50.5 Å². The van der Waals surface area contributed by atoms with Crippen molar-refractivity contribution in [2.45, 2.75) is 36.8 Å². The molecule has 0 bridgehead atoms. The van der Waals surface area contributed by atoms with Crippen LogP contribution < -0.4 is 14.8 Å². The van der Waals surface area contributed by atoms with Crippen LogP contribution in [0.4, 0.5) is 0 Å². The first-order valence-electron chi connectivity index (χ1n) is 8.75. The van der Waals surface area contributed by atoms with E-state index in [1.54, 1.807) is 14.2 Å². The van der Waals surface area contributed by atoms with Gasteiger partial charge in [-0.15, -0.1) is 11.8 Å². The van der Waals surface area contributed by atoms with Crippen molar-refractivity contribution in [1.29, 1.82) is 0 Å². The smallest absolute Gasteiger partial charge is 0.233 e. The van der Waals surface area contributed by atoms with E-state index in [0.717, 1.165) is 17.7 Å². The molecular formula is C21H27NO3S. The molecule has 1 amide bonds. The molecule has 0 aromatic heterocycles. The van der Waals surface area contributed by atoms with Crippen LogP contribution in [0, 0.1) is 6.92 Å². The van der Waals surface area contributed by atoms with Gasteiger partial charge < -0.3 is 14.8 Å². The van der Waals surface area contributed by atoms with E-state index >= 15 is 0 Å². The highest BCUT2D eigenvalue weighted by atomic mass is 32.2. The zero-order valence-electron chi connectivity index (χ0n) is 15.9. The van der Waals surface area contributed by atoms with E-state index in [0.29, 0.717) is 18.0 Å². The molecule has 0 saturated heterocycles. The molecule has 2 rings (SSSR count). The number of carbonyl (C=O) groups excluding carboxylic acids is 1. The minimum Gasteiger partial charge on any atom is -0.493 e. The monoisotopic (exact) mass is 373 g/mol. The van der Waals surface area contributed by atoms with E-state index in [4.69, 9.17) is 9.47 Å². The number of aryl methyl sites for hydroxylation is 2. The highest BCUT2D eigenvalue weighted by Gasteiger charge is 2.15. The zero-order valence-corrected chi connectivity index (χ0v) is 16.7. The van der Waals surface area contributed by atoms with Gasteiger partial charge in [-0.2, -0.15) is 0 Å². The van der Waals surface area contributed by atoms with Crippen LogP contribution in [0.2, 0.25) is 0 Å². The van der Waals surface area contributed by atoms with Crippen LogP contribution in [0.5, 0.6) is 11.5 Å². The fraction of sp³-hybridized carbons (Fsp3) is 0.381. The van der Waals surface area contributed by atoms with Crippen LogP contribution in [0.25, 0.3) is 0 Å². The molecule has 1 unspecified atom stereocenters. The molecule has 140 valence electrons. The predicted molar refractivity (Wildman–Crippen MR) is 107 cm³/mol. The Bertz CT molecular complexity index is 733. The third-order valence-corrected chi connectivity index (χ3v) is 5.15. The molecule has 0 spiro atoms. The lowest BCUT2D eigenvalue weighted by Gasteiger charge is -2.14. The molecule has 0 fully saturated rings. The normalized spacial score (nSPS) is 11.7. The number of hydrogen-bond acceptors (Lipinski definition) is 4. The minimum atomic E-state index is -0.174. The van der Waals surface area contributed by atoms with Gasteiger partial charge in [-0.1, -0.05) is 29.8 Å². The molecule has 0 aliphatic carbocycles. The summed E-state index contributed by atoms with van der Waals surface area (Å²) in [6.07, 6.45) is 1.90. The summed E-state index contributed by atoms with van der Waals surface area (Å²) < 4.78 is 10.5. The van der Waals surface area contributed by atoms with E-state index in [2.05, 4.69) is 36.5 Å². The molecule has 1 atom stereocenters.